The number of carbonyl (C=O) groups is 4. The summed E-state index contributed by atoms with van der Waals surface area (Å²) in [6.45, 7) is 0.521. The molecule has 3 atom stereocenters. The number of thioether (sulfide) groups is 3. The van der Waals surface area contributed by atoms with Crippen molar-refractivity contribution in [1.29, 1.82) is 0 Å². The molecule has 228 valence electrons. The van der Waals surface area contributed by atoms with Crippen LogP contribution in [0.2, 0.25) is 10.0 Å². The van der Waals surface area contributed by atoms with Gasteiger partial charge in [-0.15, -0.1) is 35.3 Å². The van der Waals surface area contributed by atoms with Crippen LogP contribution in [0.3, 0.4) is 0 Å². The zero-order valence-electron chi connectivity index (χ0n) is 22.3. The monoisotopic (exact) mass is 685 g/mol. The maximum Gasteiger partial charge on any atom is 0.352 e. The fourth-order valence-corrected chi connectivity index (χ4v) is 8.01. The Bertz CT molecular complexity index is 1490. The molecule has 2 aromatic rings. The SMILES string of the molecule is NCC(O)C[n+]1ccc(SCC2=C(C(=O)O)N3C(=O)C(NC(=O)CSc4cc(Cl)c(C=CC(=O)O)cc4Cl)[C@H]3SC2)cc1. The number of amides is 2. The van der Waals surface area contributed by atoms with Gasteiger partial charge in [0, 0.05) is 51.1 Å². The number of rotatable bonds is 13. The van der Waals surface area contributed by atoms with E-state index in [1.807, 2.05) is 12.1 Å². The summed E-state index contributed by atoms with van der Waals surface area (Å²) >= 11 is 16.4. The second-order valence-corrected chi connectivity index (χ2v) is 13.4. The lowest BCUT2D eigenvalue weighted by Gasteiger charge is -2.49. The van der Waals surface area contributed by atoms with E-state index in [4.69, 9.17) is 34.0 Å². The maximum absolute atomic E-state index is 13.0. The minimum atomic E-state index is -1.20. The molecule has 1 aromatic heterocycles. The standard InChI is InChI=1S/C27H26Cl2N4O7S3/c28-18-8-20(19(29)7-14(18)1-2-22(36)37)42-13-21(35)31-23-25(38)33-24(27(39)40)15(12-43-26(23)33)11-41-17-3-5-32(6-4-17)10-16(34)9-30/h1-8,16,23,26,34H,9-13,30H2,(H2-,31,35,36,37,39,40)/p+1/t16?,23?,26-/m1/s1. The van der Waals surface area contributed by atoms with E-state index in [9.17, 15) is 29.4 Å². The molecule has 16 heteroatoms. The van der Waals surface area contributed by atoms with Crippen molar-refractivity contribution in [2.24, 2.45) is 5.73 Å². The van der Waals surface area contributed by atoms with Gasteiger partial charge in [0.1, 0.15) is 23.2 Å². The lowest BCUT2D eigenvalue weighted by atomic mass is 10.0. The van der Waals surface area contributed by atoms with Crippen LogP contribution in [0.25, 0.3) is 6.08 Å². The summed E-state index contributed by atoms with van der Waals surface area (Å²) in [5.41, 5.74) is 6.41. The first kappa shape index (κ1) is 33.2. The molecule has 1 aromatic carbocycles. The minimum Gasteiger partial charge on any atom is -0.478 e. The Morgan fingerprint density at radius 3 is 2.56 bits per heavy atom. The van der Waals surface area contributed by atoms with Gasteiger partial charge in [0.15, 0.2) is 18.9 Å². The number of carboxylic acid groups (broad SMARTS) is 2. The number of pyridine rings is 1. The van der Waals surface area contributed by atoms with Gasteiger partial charge in [0.05, 0.1) is 10.8 Å². The van der Waals surface area contributed by atoms with Gasteiger partial charge in [0.25, 0.3) is 5.91 Å². The summed E-state index contributed by atoms with van der Waals surface area (Å²) in [7, 11) is 0. The molecule has 0 radical (unpaired) electrons. The molecule has 1 fully saturated rings. The third kappa shape index (κ3) is 8.26. The minimum absolute atomic E-state index is 0.0587. The molecule has 3 heterocycles. The van der Waals surface area contributed by atoms with Gasteiger partial charge in [-0.2, -0.15) is 0 Å². The van der Waals surface area contributed by atoms with Crippen LogP contribution in [-0.4, -0.2) is 85.3 Å². The molecule has 4 rings (SSSR count). The highest BCUT2D eigenvalue weighted by atomic mass is 35.5. The second-order valence-electron chi connectivity index (χ2n) is 9.39. The number of nitrogens with two attached hydrogens (primary N) is 1. The van der Waals surface area contributed by atoms with Crippen molar-refractivity contribution >= 4 is 88.3 Å². The highest BCUT2D eigenvalue weighted by Crippen LogP contribution is 2.42. The molecule has 2 aliphatic heterocycles. The Kier molecular flexibility index (Phi) is 11.5. The lowest BCUT2D eigenvalue weighted by Crippen LogP contribution is -2.70. The predicted octanol–water partition coefficient (Wildman–Crippen LogP) is 2.32. The van der Waals surface area contributed by atoms with Crippen LogP contribution in [0.4, 0.5) is 0 Å². The fraction of sp³-hybridized carbons (Fsp3) is 0.296. The summed E-state index contributed by atoms with van der Waals surface area (Å²) in [6.07, 6.45) is 5.21. The topological polar surface area (TPSA) is 174 Å². The number of aliphatic hydroxyl groups is 1. The molecule has 43 heavy (non-hydrogen) atoms. The normalized spacial score (nSPS) is 18.8. The first-order chi connectivity index (χ1) is 20.5. The van der Waals surface area contributed by atoms with Gasteiger partial charge in [-0.25, -0.2) is 14.2 Å². The molecule has 0 saturated carbocycles. The first-order valence-corrected chi connectivity index (χ1v) is 16.5. The van der Waals surface area contributed by atoms with Gasteiger partial charge in [-0.3, -0.25) is 14.5 Å². The molecule has 2 aliphatic rings. The van der Waals surface area contributed by atoms with E-state index >= 15 is 0 Å². The zero-order chi connectivity index (χ0) is 31.3. The third-order valence-electron chi connectivity index (χ3n) is 6.35. The summed E-state index contributed by atoms with van der Waals surface area (Å²) in [6, 6.07) is 5.88. The van der Waals surface area contributed by atoms with Crippen molar-refractivity contribution in [1.82, 2.24) is 10.2 Å². The van der Waals surface area contributed by atoms with Crippen LogP contribution in [0.1, 0.15) is 5.56 Å². The van der Waals surface area contributed by atoms with E-state index in [1.54, 1.807) is 17.0 Å². The molecule has 2 unspecified atom stereocenters. The average Bonchev–Trinajstić information content (AvgIpc) is 2.98. The molecule has 0 aliphatic carbocycles. The van der Waals surface area contributed by atoms with Crippen molar-refractivity contribution in [2.75, 3.05) is 23.8 Å². The molecular weight excluding hydrogens is 659 g/mol. The summed E-state index contributed by atoms with van der Waals surface area (Å²) in [4.78, 5) is 51.3. The van der Waals surface area contributed by atoms with Gasteiger partial charge >= 0.3 is 11.9 Å². The zero-order valence-corrected chi connectivity index (χ0v) is 26.3. The molecule has 11 nitrogen and oxygen atoms in total. The van der Waals surface area contributed by atoms with E-state index in [0.717, 1.165) is 22.7 Å². The largest absolute Gasteiger partial charge is 0.478 e. The molecule has 1 saturated heterocycles. The van der Waals surface area contributed by atoms with Crippen molar-refractivity contribution in [3.63, 3.8) is 0 Å². The van der Waals surface area contributed by atoms with Gasteiger partial charge in [-0.05, 0) is 29.3 Å². The van der Waals surface area contributed by atoms with Gasteiger partial charge in [-0.1, -0.05) is 23.2 Å². The number of nitrogens with one attached hydrogen (secondary N) is 1. The maximum atomic E-state index is 13.0. The Balaban J connectivity index is 1.34. The van der Waals surface area contributed by atoms with E-state index in [-0.39, 0.29) is 28.0 Å². The number of fused-ring (bicyclic) bond motifs is 1. The van der Waals surface area contributed by atoms with Crippen molar-refractivity contribution in [3.05, 3.63) is 69.6 Å². The van der Waals surface area contributed by atoms with E-state index in [0.29, 0.717) is 34.1 Å². The first-order valence-electron chi connectivity index (χ1n) is 12.7. The van der Waals surface area contributed by atoms with Crippen LogP contribution >= 0.6 is 58.5 Å². The summed E-state index contributed by atoms with van der Waals surface area (Å²) in [5.74, 6) is -2.60. The number of benzene rings is 1. The molecule has 0 spiro atoms. The second kappa shape index (κ2) is 14.8. The van der Waals surface area contributed by atoms with E-state index in [2.05, 4.69) is 5.32 Å². The smallest absolute Gasteiger partial charge is 0.352 e. The van der Waals surface area contributed by atoms with Gasteiger partial charge in [0.2, 0.25) is 5.91 Å². The molecule has 6 N–H and O–H groups in total. The van der Waals surface area contributed by atoms with Gasteiger partial charge < -0.3 is 26.4 Å². The third-order valence-corrected chi connectivity index (χ3v) is 10.6. The van der Waals surface area contributed by atoms with Crippen molar-refractivity contribution in [3.8, 4) is 0 Å². The number of halogens is 2. The Morgan fingerprint density at radius 1 is 1.19 bits per heavy atom. The van der Waals surface area contributed by atoms with Crippen molar-refractivity contribution < 1.29 is 39.1 Å². The lowest BCUT2D eigenvalue weighted by molar-refractivity contribution is -0.703. The number of hydrogen-bond donors (Lipinski definition) is 5. The number of nitrogens with zero attached hydrogens (tertiary/aromatic N) is 2. The number of carbonyl (C=O) groups excluding carboxylic acids is 2. The summed E-state index contributed by atoms with van der Waals surface area (Å²) < 4.78 is 1.80. The number of carboxylic acids is 2. The number of hydrogen-bond acceptors (Lipinski definition) is 9. The fourth-order valence-electron chi connectivity index (χ4n) is 4.25. The number of aliphatic hydroxyl groups excluding tert-OH is 1. The van der Waals surface area contributed by atoms with E-state index < -0.39 is 41.3 Å². The van der Waals surface area contributed by atoms with Crippen LogP contribution in [0.5, 0.6) is 0 Å². The van der Waals surface area contributed by atoms with E-state index in [1.165, 1.54) is 46.6 Å². The molecule has 0 bridgehead atoms. The Morgan fingerprint density at radius 2 is 1.91 bits per heavy atom. The number of aliphatic carboxylic acids is 2. The summed E-state index contributed by atoms with van der Waals surface area (Å²) in [5, 5.41) is 31.1. The van der Waals surface area contributed by atoms with Crippen molar-refractivity contribution in [2.45, 2.75) is 33.9 Å². The quantitative estimate of drug-likeness (QED) is 0.0906. The number of aromatic nitrogens is 1. The predicted molar refractivity (Wildman–Crippen MR) is 166 cm³/mol. The Labute approximate surface area is 269 Å². The van der Waals surface area contributed by atoms with Crippen LogP contribution in [-0.2, 0) is 25.7 Å². The number of β-lactam (4-membered cyclic amide) rings is 1. The van der Waals surface area contributed by atoms with Crippen LogP contribution < -0.4 is 15.6 Å². The highest BCUT2D eigenvalue weighted by Gasteiger charge is 2.54. The van der Waals surface area contributed by atoms with Crippen LogP contribution in [0.15, 0.2) is 63.8 Å². The molecule has 2 amide bonds. The molecular formula is C27H27Cl2N4O7S3+. The Hall–Kier alpha value is -2.72. The van der Waals surface area contributed by atoms with Crippen LogP contribution in [0, 0.1) is 0 Å². The average molecular weight is 687 g/mol. The highest BCUT2D eigenvalue weighted by molar-refractivity contribution is 8.01.